The van der Waals surface area contributed by atoms with Crippen LogP contribution in [0.2, 0.25) is 0 Å². The van der Waals surface area contributed by atoms with Crippen molar-refractivity contribution in [2.45, 2.75) is 110 Å². The SMILES string of the molecule is CCCCCCCC(CCCCCCC)CCCCOC. The highest BCUT2D eigenvalue weighted by molar-refractivity contribution is 4.61. The number of methoxy groups -OCH3 is 1. The molecule has 0 amide bonds. The van der Waals surface area contributed by atoms with Gasteiger partial charge in [0, 0.05) is 13.7 Å². The lowest BCUT2D eigenvalue weighted by atomic mass is 9.90. The molecule has 0 saturated heterocycles. The van der Waals surface area contributed by atoms with Gasteiger partial charge in [0.25, 0.3) is 0 Å². The van der Waals surface area contributed by atoms with Crippen molar-refractivity contribution >= 4 is 0 Å². The van der Waals surface area contributed by atoms with Crippen LogP contribution in [0.15, 0.2) is 0 Å². The molecule has 0 atom stereocenters. The summed E-state index contributed by atoms with van der Waals surface area (Å²) in [6, 6.07) is 0. The Labute approximate surface area is 135 Å². The second kappa shape index (κ2) is 18.0. The van der Waals surface area contributed by atoms with Crippen molar-refractivity contribution in [1.29, 1.82) is 0 Å². The minimum absolute atomic E-state index is 0.944. The maximum atomic E-state index is 5.17. The maximum absolute atomic E-state index is 5.17. The first kappa shape index (κ1) is 21.0. The van der Waals surface area contributed by atoms with Crippen LogP contribution in [0.25, 0.3) is 0 Å². The predicted octanol–water partition coefficient (Wildman–Crippen LogP) is 7.14. The van der Waals surface area contributed by atoms with Gasteiger partial charge in [0.2, 0.25) is 0 Å². The summed E-state index contributed by atoms with van der Waals surface area (Å²) >= 11 is 0. The van der Waals surface area contributed by atoms with Gasteiger partial charge < -0.3 is 4.74 Å². The zero-order chi connectivity index (χ0) is 15.6. The third-order valence-electron chi connectivity index (χ3n) is 4.64. The van der Waals surface area contributed by atoms with Gasteiger partial charge in [0.1, 0.15) is 0 Å². The van der Waals surface area contributed by atoms with E-state index in [2.05, 4.69) is 13.8 Å². The fraction of sp³-hybridized carbons (Fsp3) is 1.00. The summed E-state index contributed by atoms with van der Waals surface area (Å²) < 4.78 is 5.17. The standard InChI is InChI=1S/C20H42O/c1-4-6-8-10-12-16-20(18-14-15-19-21-3)17-13-11-9-7-5-2/h20H,4-19H2,1-3H3. The van der Waals surface area contributed by atoms with Crippen LogP contribution in [-0.4, -0.2) is 13.7 Å². The maximum Gasteiger partial charge on any atom is 0.0462 e. The summed E-state index contributed by atoms with van der Waals surface area (Å²) in [4.78, 5) is 0. The third-order valence-corrected chi connectivity index (χ3v) is 4.64. The Kier molecular flexibility index (Phi) is 18.0. The van der Waals surface area contributed by atoms with E-state index in [9.17, 15) is 0 Å². The zero-order valence-electron chi connectivity index (χ0n) is 15.3. The van der Waals surface area contributed by atoms with Gasteiger partial charge in [-0.1, -0.05) is 104 Å². The summed E-state index contributed by atoms with van der Waals surface area (Å²) in [6.45, 7) is 5.55. The van der Waals surface area contributed by atoms with E-state index in [-0.39, 0.29) is 0 Å². The van der Waals surface area contributed by atoms with Crippen LogP contribution in [0, 0.1) is 5.92 Å². The molecule has 0 aliphatic heterocycles. The predicted molar refractivity (Wildman–Crippen MR) is 96.0 cm³/mol. The van der Waals surface area contributed by atoms with Crippen LogP contribution in [0.5, 0.6) is 0 Å². The molecule has 0 spiro atoms. The molecule has 0 aromatic carbocycles. The number of ether oxygens (including phenoxy) is 1. The molecule has 0 N–H and O–H groups in total. The molecule has 0 rings (SSSR count). The van der Waals surface area contributed by atoms with Crippen LogP contribution >= 0.6 is 0 Å². The average molecular weight is 299 g/mol. The number of rotatable bonds is 17. The van der Waals surface area contributed by atoms with Gasteiger partial charge in [-0.05, 0) is 12.3 Å². The van der Waals surface area contributed by atoms with Gasteiger partial charge in [-0.25, -0.2) is 0 Å². The van der Waals surface area contributed by atoms with E-state index in [0.717, 1.165) is 12.5 Å². The van der Waals surface area contributed by atoms with E-state index >= 15 is 0 Å². The van der Waals surface area contributed by atoms with Crippen molar-refractivity contribution in [3.05, 3.63) is 0 Å². The van der Waals surface area contributed by atoms with Gasteiger partial charge in [-0.2, -0.15) is 0 Å². The van der Waals surface area contributed by atoms with E-state index in [1.54, 1.807) is 0 Å². The summed E-state index contributed by atoms with van der Waals surface area (Å²) in [6.07, 6.45) is 21.3. The summed E-state index contributed by atoms with van der Waals surface area (Å²) in [5.74, 6) is 0.991. The van der Waals surface area contributed by atoms with Crippen LogP contribution in [0.3, 0.4) is 0 Å². The van der Waals surface area contributed by atoms with Crippen molar-refractivity contribution in [1.82, 2.24) is 0 Å². The van der Waals surface area contributed by atoms with E-state index in [1.807, 2.05) is 7.11 Å². The fourth-order valence-electron chi connectivity index (χ4n) is 3.19. The molecule has 0 bridgehead atoms. The molecule has 1 nitrogen and oxygen atoms in total. The van der Waals surface area contributed by atoms with Crippen molar-refractivity contribution in [2.24, 2.45) is 5.92 Å². The molecule has 0 heterocycles. The topological polar surface area (TPSA) is 9.23 Å². The Morgan fingerprint density at radius 2 is 1.00 bits per heavy atom. The molecule has 0 radical (unpaired) electrons. The van der Waals surface area contributed by atoms with Gasteiger partial charge >= 0.3 is 0 Å². The fourth-order valence-corrected chi connectivity index (χ4v) is 3.19. The molecule has 0 unspecified atom stereocenters. The quantitative estimate of drug-likeness (QED) is 0.259. The molecule has 21 heavy (non-hydrogen) atoms. The Morgan fingerprint density at radius 3 is 1.43 bits per heavy atom. The highest BCUT2D eigenvalue weighted by Crippen LogP contribution is 2.23. The monoisotopic (exact) mass is 298 g/mol. The normalized spacial score (nSPS) is 11.4. The van der Waals surface area contributed by atoms with Gasteiger partial charge in [-0.15, -0.1) is 0 Å². The first-order valence-corrected chi connectivity index (χ1v) is 9.84. The Balaban J connectivity index is 3.69. The Hall–Kier alpha value is -0.0400. The smallest absolute Gasteiger partial charge is 0.0462 e. The van der Waals surface area contributed by atoms with Crippen molar-refractivity contribution < 1.29 is 4.74 Å². The van der Waals surface area contributed by atoms with Crippen molar-refractivity contribution in [3.63, 3.8) is 0 Å². The number of unbranched alkanes of at least 4 members (excludes halogenated alkanes) is 9. The van der Waals surface area contributed by atoms with Crippen molar-refractivity contribution in [3.8, 4) is 0 Å². The van der Waals surface area contributed by atoms with E-state index in [1.165, 1.54) is 96.3 Å². The number of hydrogen-bond donors (Lipinski definition) is 0. The van der Waals surface area contributed by atoms with Gasteiger partial charge in [-0.3, -0.25) is 0 Å². The van der Waals surface area contributed by atoms with Crippen LogP contribution in [-0.2, 0) is 4.74 Å². The highest BCUT2D eigenvalue weighted by atomic mass is 16.5. The Bertz CT molecular complexity index is 165. The summed E-state index contributed by atoms with van der Waals surface area (Å²) in [5.41, 5.74) is 0. The lowest BCUT2D eigenvalue weighted by Crippen LogP contribution is -2.02. The molecule has 0 saturated carbocycles. The second-order valence-corrected chi connectivity index (χ2v) is 6.76. The summed E-state index contributed by atoms with van der Waals surface area (Å²) in [7, 11) is 1.82. The zero-order valence-corrected chi connectivity index (χ0v) is 15.3. The molecule has 0 aromatic rings. The molecule has 128 valence electrons. The first-order chi connectivity index (χ1) is 10.3. The van der Waals surface area contributed by atoms with Gasteiger partial charge in [0.05, 0.1) is 0 Å². The molecule has 0 aliphatic carbocycles. The molecular weight excluding hydrogens is 256 g/mol. The van der Waals surface area contributed by atoms with Gasteiger partial charge in [0.15, 0.2) is 0 Å². The number of hydrogen-bond acceptors (Lipinski definition) is 1. The van der Waals surface area contributed by atoms with E-state index < -0.39 is 0 Å². The lowest BCUT2D eigenvalue weighted by molar-refractivity contribution is 0.189. The minimum atomic E-state index is 0.944. The molecule has 0 fully saturated rings. The Morgan fingerprint density at radius 1 is 0.571 bits per heavy atom. The third kappa shape index (κ3) is 16.2. The average Bonchev–Trinajstić information content (AvgIpc) is 2.50. The van der Waals surface area contributed by atoms with E-state index in [0.29, 0.717) is 0 Å². The second-order valence-electron chi connectivity index (χ2n) is 6.76. The minimum Gasteiger partial charge on any atom is -0.385 e. The van der Waals surface area contributed by atoms with E-state index in [4.69, 9.17) is 4.74 Å². The largest absolute Gasteiger partial charge is 0.385 e. The molecule has 0 aromatic heterocycles. The van der Waals surface area contributed by atoms with Crippen molar-refractivity contribution in [2.75, 3.05) is 13.7 Å². The molecular formula is C20H42O. The van der Waals surface area contributed by atoms with Crippen LogP contribution in [0.4, 0.5) is 0 Å². The molecule has 0 aliphatic rings. The first-order valence-electron chi connectivity index (χ1n) is 9.84. The highest BCUT2D eigenvalue weighted by Gasteiger charge is 2.08. The summed E-state index contributed by atoms with van der Waals surface area (Å²) in [5, 5.41) is 0. The lowest BCUT2D eigenvalue weighted by Gasteiger charge is -2.17. The molecule has 1 heteroatoms. The van der Waals surface area contributed by atoms with Crippen LogP contribution < -0.4 is 0 Å². The van der Waals surface area contributed by atoms with Crippen LogP contribution in [0.1, 0.15) is 110 Å².